The first-order valence-corrected chi connectivity index (χ1v) is 8.73. The molecule has 0 saturated carbocycles. The number of halogens is 1. The van der Waals surface area contributed by atoms with Gasteiger partial charge in [-0.2, -0.15) is 0 Å². The average molecular weight is 387 g/mol. The molecule has 3 rings (SSSR count). The maximum absolute atomic E-state index is 10.6. The first-order valence-electron chi connectivity index (χ1n) is 8.35. The van der Waals surface area contributed by atoms with Crippen molar-refractivity contribution in [1.82, 2.24) is 0 Å². The number of carbonyl (C=O) groups is 1. The average Bonchev–Trinajstić information content (AvgIpc) is 3.00. The van der Waals surface area contributed by atoms with E-state index in [1.54, 1.807) is 12.1 Å². The van der Waals surface area contributed by atoms with Gasteiger partial charge in [-0.25, -0.2) is 4.79 Å². The molecule has 0 spiro atoms. The van der Waals surface area contributed by atoms with E-state index in [1.165, 1.54) is 0 Å². The zero-order valence-electron chi connectivity index (χ0n) is 15.0. The SMILES string of the molecule is Cc1cc(OCc2cc(-c3ccc(Cl)cc3)oc2C)ccc1OCC(=O)O. The number of furan rings is 1. The second-order valence-corrected chi connectivity index (χ2v) is 6.53. The monoisotopic (exact) mass is 386 g/mol. The van der Waals surface area contributed by atoms with E-state index in [4.69, 9.17) is 30.6 Å². The van der Waals surface area contributed by atoms with Gasteiger partial charge >= 0.3 is 5.97 Å². The maximum Gasteiger partial charge on any atom is 0.341 e. The Kier molecular flexibility index (Phi) is 5.72. The number of aliphatic carboxylic acids is 1. The Morgan fingerprint density at radius 2 is 1.81 bits per heavy atom. The van der Waals surface area contributed by atoms with Crippen LogP contribution in [0.5, 0.6) is 11.5 Å². The Morgan fingerprint density at radius 1 is 1.07 bits per heavy atom. The molecule has 5 nitrogen and oxygen atoms in total. The molecule has 0 atom stereocenters. The third-order valence-electron chi connectivity index (χ3n) is 4.04. The van der Waals surface area contributed by atoms with Gasteiger partial charge in [0.15, 0.2) is 6.61 Å². The Balaban J connectivity index is 1.67. The standard InChI is InChI=1S/C21H19ClO5/c1-13-9-18(7-8-19(13)26-12-21(23)24)25-11-16-10-20(27-14(16)2)15-3-5-17(22)6-4-15/h3-10H,11-12H2,1-2H3,(H,23,24). The summed E-state index contributed by atoms with van der Waals surface area (Å²) >= 11 is 5.92. The topological polar surface area (TPSA) is 68.9 Å². The Hall–Kier alpha value is -2.92. The molecule has 2 aromatic carbocycles. The van der Waals surface area contributed by atoms with Crippen molar-refractivity contribution in [2.75, 3.05) is 6.61 Å². The van der Waals surface area contributed by atoms with Crippen molar-refractivity contribution < 1.29 is 23.8 Å². The molecule has 0 saturated heterocycles. The number of hydrogen-bond donors (Lipinski definition) is 1. The summed E-state index contributed by atoms with van der Waals surface area (Å²) in [6.07, 6.45) is 0. The molecule has 0 radical (unpaired) electrons. The van der Waals surface area contributed by atoms with Gasteiger partial charge in [-0.3, -0.25) is 0 Å². The fraction of sp³-hybridized carbons (Fsp3) is 0.190. The summed E-state index contributed by atoms with van der Waals surface area (Å²) in [7, 11) is 0. The quantitative estimate of drug-likeness (QED) is 0.599. The molecule has 0 amide bonds. The van der Waals surface area contributed by atoms with Crippen molar-refractivity contribution in [3.8, 4) is 22.8 Å². The summed E-state index contributed by atoms with van der Waals surface area (Å²) in [5.41, 5.74) is 2.70. The minimum atomic E-state index is -1.01. The van der Waals surface area contributed by atoms with Crippen LogP contribution in [0.2, 0.25) is 5.02 Å². The van der Waals surface area contributed by atoms with E-state index in [0.29, 0.717) is 23.1 Å². The highest BCUT2D eigenvalue weighted by atomic mass is 35.5. The second-order valence-electron chi connectivity index (χ2n) is 6.10. The molecule has 1 heterocycles. The molecular formula is C21H19ClO5. The third-order valence-corrected chi connectivity index (χ3v) is 4.29. The smallest absolute Gasteiger partial charge is 0.341 e. The van der Waals surface area contributed by atoms with Gasteiger partial charge in [0.05, 0.1) is 0 Å². The van der Waals surface area contributed by atoms with Crippen LogP contribution in [0.15, 0.2) is 52.9 Å². The molecule has 140 valence electrons. The lowest BCUT2D eigenvalue weighted by molar-refractivity contribution is -0.139. The van der Waals surface area contributed by atoms with Crippen LogP contribution in [0, 0.1) is 13.8 Å². The molecule has 0 unspecified atom stereocenters. The van der Waals surface area contributed by atoms with Gasteiger partial charge in [0.2, 0.25) is 0 Å². The van der Waals surface area contributed by atoms with Crippen LogP contribution < -0.4 is 9.47 Å². The van der Waals surface area contributed by atoms with E-state index in [9.17, 15) is 4.79 Å². The fourth-order valence-electron chi connectivity index (χ4n) is 2.59. The molecule has 6 heteroatoms. The highest BCUT2D eigenvalue weighted by Gasteiger charge is 2.11. The molecule has 0 fully saturated rings. The minimum absolute atomic E-state index is 0.359. The zero-order chi connectivity index (χ0) is 19.4. The second kappa shape index (κ2) is 8.18. The van der Waals surface area contributed by atoms with E-state index < -0.39 is 5.97 Å². The number of aryl methyl sites for hydroxylation is 2. The number of ether oxygens (including phenoxy) is 2. The summed E-state index contributed by atoms with van der Waals surface area (Å²) < 4.78 is 16.9. The summed E-state index contributed by atoms with van der Waals surface area (Å²) in [6.45, 7) is 3.72. The third kappa shape index (κ3) is 4.83. The van der Waals surface area contributed by atoms with Crippen molar-refractivity contribution in [2.45, 2.75) is 20.5 Å². The molecule has 3 aromatic rings. The van der Waals surface area contributed by atoms with Crippen molar-refractivity contribution >= 4 is 17.6 Å². The lowest BCUT2D eigenvalue weighted by Gasteiger charge is -2.10. The van der Waals surface area contributed by atoms with Crippen molar-refractivity contribution in [2.24, 2.45) is 0 Å². The molecule has 0 aliphatic heterocycles. The zero-order valence-corrected chi connectivity index (χ0v) is 15.7. The Morgan fingerprint density at radius 3 is 2.48 bits per heavy atom. The minimum Gasteiger partial charge on any atom is -0.489 e. The first kappa shape index (κ1) is 18.9. The van der Waals surface area contributed by atoms with Crippen LogP contribution in [0.25, 0.3) is 11.3 Å². The molecule has 1 N–H and O–H groups in total. The van der Waals surface area contributed by atoms with E-state index in [-0.39, 0.29) is 6.61 Å². The van der Waals surface area contributed by atoms with E-state index in [0.717, 1.165) is 28.2 Å². The number of carboxylic acid groups (broad SMARTS) is 1. The van der Waals surface area contributed by atoms with Crippen LogP contribution in [0.3, 0.4) is 0 Å². The Labute approximate surface area is 162 Å². The maximum atomic E-state index is 10.6. The highest BCUT2D eigenvalue weighted by molar-refractivity contribution is 6.30. The van der Waals surface area contributed by atoms with E-state index >= 15 is 0 Å². The largest absolute Gasteiger partial charge is 0.489 e. The molecule has 27 heavy (non-hydrogen) atoms. The predicted molar refractivity (Wildman–Crippen MR) is 103 cm³/mol. The van der Waals surface area contributed by atoms with Crippen molar-refractivity contribution in [3.63, 3.8) is 0 Å². The van der Waals surface area contributed by atoms with Gasteiger partial charge in [0.1, 0.15) is 29.6 Å². The predicted octanol–water partition coefficient (Wildman–Crippen LogP) is 5.26. The van der Waals surface area contributed by atoms with Gasteiger partial charge in [0, 0.05) is 16.1 Å². The van der Waals surface area contributed by atoms with Gasteiger partial charge in [-0.1, -0.05) is 11.6 Å². The normalized spacial score (nSPS) is 10.6. The summed E-state index contributed by atoms with van der Waals surface area (Å²) in [5, 5.41) is 9.37. The van der Waals surface area contributed by atoms with Crippen LogP contribution >= 0.6 is 11.6 Å². The molecule has 0 aliphatic carbocycles. The molecule has 0 bridgehead atoms. The van der Waals surface area contributed by atoms with Gasteiger partial charge in [0.25, 0.3) is 0 Å². The van der Waals surface area contributed by atoms with Gasteiger partial charge in [-0.15, -0.1) is 0 Å². The van der Waals surface area contributed by atoms with Gasteiger partial charge < -0.3 is 19.0 Å². The first-order chi connectivity index (χ1) is 12.9. The molecule has 0 aliphatic rings. The lowest BCUT2D eigenvalue weighted by Crippen LogP contribution is -2.10. The highest BCUT2D eigenvalue weighted by Crippen LogP contribution is 2.28. The van der Waals surface area contributed by atoms with Crippen LogP contribution in [0.4, 0.5) is 0 Å². The molecule has 1 aromatic heterocycles. The number of benzene rings is 2. The van der Waals surface area contributed by atoms with Crippen LogP contribution in [-0.2, 0) is 11.4 Å². The number of rotatable bonds is 7. The van der Waals surface area contributed by atoms with E-state index in [2.05, 4.69) is 0 Å². The van der Waals surface area contributed by atoms with Crippen LogP contribution in [0.1, 0.15) is 16.9 Å². The van der Waals surface area contributed by atoms with E-state index in [1.807, 2.05) is 50.2 Å². The lowest BCUT2D eigenvalue weighted by atomic mass is 10.1. The number of hydrogen-bond acceptors (Lipinski definition) is 4. The summed E-state index contributed by atoms with van der Waals surface area (Å²) in [5.74, 6) is 1.73. The summed E-state index contributed by atoms with van der Waals surface area (Å²) in [6, 6.07) is 14.7. The Bertz CT molecular complexity index is 944. The van der Waals surface area contributed by atoms with Crippen molar-refractivity contribution in [1.29, 1.82) is 0 Å². The molecular weight excluding hydrogens is 368 g/mol. The fourth-order valence-corrected chi connectivity index (χ4v) is 2.72. The van der Waals surface area contributed by atoms with Gasteiger partial charge in [-0.05, 0) is 67.9 Å². The number of carboxylic acids is 1. The van der Waals surface area contributed by atoms with Crippen LogP contribution in [-0.4, -0.2) is 17.7 Å². The van der Waals surface area contributed by atoms with Crippen molar-refractivity contribution in [3.05, 3.63) is 70.4 Å². The summed E-state index contributed by atoms with van der Waals surface area (Å²) in [4.78, 5) is 10.6.